The average Bonchev–Trinajstić information content (AvgIpc) is 3.47. The van der Waals surface area contributed by atoms with Gasteiger partial charge in [0.2, 0.25) is 0 Å². The number of hydrogen-bond donors (Lipinski definition) is 2. The molecule has 5 aromatic heterocycles. The molecule has 2 N–H and O–H groups in total. The van der Waals surface area contributed by atoms with Crippen LogP contribution in [0.5, 0.6) is 0 Å². The van der Waals surface area contributed by atoms with Gasteiger partial charge in [-0.1, -0.05) is 12.1 Å². The van der Waals surface area contributed by atoms with E-state index in [1.807, 2.05) is 56.8 Å². The first-order valence-electron chi connectivity index (χ1n) is 11.2. The Morgan fingerprint density at radius 1 is 0.914 bits per heavy atom. The van der Waals surface area contributed by atoms with E-state index in [0.29, 0.717) is 11.4 Å². The largest absolute Gasteiger partial charge is 0.353 e. The highest BCUT2D eigenvalue weighted by molar-refractivity contribution is 5.99. The SMILES string of the molecule is CN(C)Cc1cncc(-c2ccc3[nH]nc(-c4cc5c(-c6cccc(F)c6)nccc5[nH]4)c3n2)c1. The number of benzene rings is 1. The molecule has 0 radical (unpaired) electrons. The Labute approximate surface area is 200 Å². The van der Waals surface area contributed by atoms with Crippen LogP contribution in [-0.2, 0) is 6.54 Å². The van der Waals surface area contributed by atoms with Crippen LogP contribution in [0.15, 0.2) is 73.2 Å². The van der Waals surface area contributed by atoms with Gasteiger partial charge in [0.15, 0.2) is 0 Å². The predicted octanol–water partition coefficient (Wildman–Crippen LogP) is 5.43. The number of aromatic nitrogens is 6. The number of pyridine rings is 3. The van der Waals surface area contributed by atoms with E-state index in [9.17, 15) is 4.39 Å². The van der Waals surface area contributed by atoms with E-state index in [2.05, 4.69) is 36.1 Å². The third-order valence-corrected chi connectivity index (χ3v) is 5.90. The van der Waals surface area contributed by atoms with Crippen molar-refractivity contribution in [3.8, 4) is 33.9 Å². The number of nitrogens with zero attached hydrogens (tertiary/aromatic N) is 5. The van der Waals surface area contributed by atoms with Gasteiger partial charge in [-0.3, -0.25) is 15.1 Å². The highest BCUT2D eigenvalue weighted by Gasteiger charge is 2.16. The van der Waals surface area contributed by atoms with Crippen LogP contribution in [0.2, 0.25) is 0 Å². The van der Waals surface area contributed by atoms with Crippen LogP contribution in [0.4, 0.5) is 4.39 Å². The molecule has 7 nitrogen and oxygen atoms in total. The van der Waals surface area contributed by atoms with Gasteiger partial charge in [-0.05, 0) is 62.1 Å². The molecule has 5 heterocycles. The number of hydrogen-bond acceptors (Lipinski definition) is 5. The Morgan fingerprint density at radius 2 is 1.83 bits per heavy atom. The fraction of sp³-hybridized carbons (Fsp3) is 0.111. The summed E-state index contributed by atoms with van der Waals surface area (Å²) in [7, 11) is 4.06. The maximum atomic E-state index is 13.9. The standard InChI is InChI=1S/C27H22FN7/c1-35(2)15-16-10-18(14-29-13-16)21-6-7-23-26(32-21)27(34-33-23)24-12-20-22(31-24)8-9-30-25(20)17-4-3-5-19(28)11-17/h3-14,31H,15H2,1-2H3,(H,33,34). The van der Waals surface area contributed by atoms with Gasteiger partial charge in [0, 0.05) is 47.2 Å². The van der Waals surface area contributed by atoms with Gasteiger partial charge in [0.05, 0.1) is 22.6 Å². The van der Waals surface area contributed by atoms with Gasteiger partial charge in [0.1, 0.15) is 17.0 Å². The lowest BCUT2D eigenvalue weighted by atomic mass is 10.1. The fourth-order valence-electron chi connectivity index (χ4n) is 4.37. The van der Waals surface area contributed by atoms with Gasteiger partial charge in [-0.2, -0.15) is 5.10 Å². The van der Waals surface area contributed by atoms with Crippen molar-refractivity contribution in [1.29, 1.82) is 0 Å². The summed E-state index contributed by atoms with van der Waals surface area (Å²) < 4.78 is 13.9. The maximum Gasteiger partial charge on any atom is 0.135 e. The van der Waals surface area contributed by atoms with E-state index in [4.69, 9.17) is 4.98 Å². The Hall–Kier alpha value is -4.43. The zero-order valence-corrected chi connectivity index (χ0v) is 19.2. The van der Waals surface area contributed by atoms with Crippen molar-refractivity contribution in [2.24, 2.45) is 0 Å². The summed E-state index contributed by atoms with van der Waals surface area (Å²) in [5.74, 6) is -0.295. The molecule has 0 aliphatic heterocycles. The summed E-state index contributed by atoms with van der Waals surface area (Å²) in [6.45, 7) is 0.802. The second kappa shape index (κ2) is 8.41. The molecular weight excluding hydrogens is 441 g/mol. The summed E-state index contributed by atoms with van der Waals surface area (Å²) in [6.07, 6.45) is 5.42. The molecule has 0 unspecified atom stereocenters. The Morgan fingerprint density at radius 3 is 2.69 bits per heavy atom. The molecule has 8 heteroatoms. The highest BCUT2D eigenvalue weighted by Crippen LogP contribution is 2.33. The normalized spacial score (nSPS) is 11.7. The van der Waals surface area contributed by atoms with E-state index in [-0.39, 0.29) is 5.82 Å². The summed E-state index contributed by atoms with van der Waals surface area (Å²) in [6, 6.07) is 16.4. The van der Waals surface area contributed by atoms with Crippen molar-refractivity contribution in [2.45, 2.75) is 6.54 Å². The average molecular weight is 464 g/mol. The second-order valence-electron chi connectivity index (χ2n) is 8.80. The number of aromatic amines is 2. The molecule has 0 saturated carbocycles. The summed E-state index contributed by atoms with van der Waals surface area (Å²) in [5.41, 5.74) is 8.33. The Bertz CT molecular complexity index is 1680. The van der Waals surface area contributed by atoms with E-state index in [1.165, 1.54) is 12.1 Å². The summed E-state index contributed by atoms with van der Waals surface area (Å²) in [5, 5.41) is 8.52. The Kier molecular flexibility index (Phi) is 5.08. The summed E-state index contributed by atoms with van der Waals surface area (Å²) >= 11 is 0. The lowest BCUT2D eigenvalue weighted by molar-refractivity contribution is 0.402. The minimum Gasteiger partial charge on any atom is -0.353 e. The molecule has 1 aromatic carbocycles. The minimum absolute atomic E-state index is 0.295. The van der Waals surface area contributed by atoms with E-state index >= 15 is 0 Å². The van der Waals surface area contributed by atoms with Crippen LogP contribution < -0.4 is 0 Å². The molecule has 0 amide bonds. The van der Waals surface area contributed by atoms with Crippen LogP contribution in [-0.4, -0.2) is 49.1 Å². The van der Waals surface area contributed by atoms with E-state index in [0.717, 1.165) is 56.6 Å². The van der Waals surface area contributed by atoms with Gasteiger partial charge >= 0.3 is 0 Å². The Balaban J connectivity index is 1.45. The van der Waals surface area contributed by atoms with Crippen LogP contribution in [0, 0.1) is 5.82 Å². The van der Waals surface area contributed by atoms with E-state index < -0.39 is 0 Å². The van der Waals surface area contributed by atoms with Crippen molar-refractivity contribution in [3.05, 3.63) is 84.6 Å². The first-order valence-corrected chi connectivity index (χ1v) is 11.2. The first kappa shape index (κ1) is 21.1. The molecule has 6 rings (SSSR count). The molecular formula is C27H22FN7. The van der Waals surface area contributed by atoms with Gasteiger partial charge in [-0.15, -0.1) is 0 Å². The van der Waals surface area contributed by atoms with Gasteiger partial charge in [-0.25, -0.2) is 9.37 Å². The van der Waals surface area contributed by atoms with Crippen LogP contribution in [0.25, 0.3) is 55.8 Å². The van der Waals surface area contributed by atoms with Crippen LogP contribution in [0.3, 0.4) is 0 Å². The van der Waals surface area contributed by atoms with Gasteiger partial charge in [0.25, 0.3) is 0 Å². The lowest BCUT2D eigenvalue weighted by Crippen LogP contribution is -2.10. The molecule has 0 aliphatic rings. The number of rotatable bonds is 5. The molecule has 0 atom stereocenters. The molecule has 0 spiro atoms. The number of H-pyrrole nitrogens is 2. The third-order valence-electron chi connectivity index (χ3n) is 5.90. The quantitative estimate of drug-likeness (QED) is 0.356. The van der Waals surface area contributed by atoms with Crippen molar-refractivity contribution >= 4 is 21.9 Å². The van der Waals surface area contributed by atoms with Crippen LogP contribution in [0.1, 0.15) is 5.56 Å². The molecule has 0 bridgehead atoms. The van der Waals surface area contributed by atoms with Crippen LogP contribution >= 0.6 is 0 Å². The molecule has 0 fully saturated rings. The summed E-state index contributed by atoms with van der Waals surface area (Å²) in [4.78, 5) is 19.4. The van der Waals surface area contributed by atoms with Gasteiger partial charge < -0.3 is 9.88 Å². The number of halogens is 1. The topological polar surface area (TPSA) is 86.4 Å². The number of nitrogens with one attached hydrogen (secondary N) is 2. The fourth-order valence-corrected chi connectivity index (χ4v) is 4.37. The zero-order valence-electron chi connectivity index (χ0n) is 19.2. The van der Waals surface area contributed by atoms with Crippen molar-refractivity contribution in [3.63, 3.8) is 0 Å². The van der Waals surface area contributed by atoms with E-state index in [1.54, 1.807) is 12.3 Å². The van der Waals surface area contributed by atoms with Crippen molar-refractivity contribution < 1.29 is 4.39 Å². The predicted molar refractivity (Wildman–Crippen MR) is 135 cm³/mol. The first-order chi connectivity index (χ1) is 17.0. The minimum atomic E-state index is -0.295. The zero-order chi connectivity index (χ0) is 23.9. The molecule has 6 aromatic rings. The molecule has 35 heavy (non-hydrogen) atoms. The molecule has 0 aliphatic carbocycles. The maximum absolute atomic E-state index is 13.9. The smallest absolute Gasteiger partial charge is 0.135 e. The lowest BCUT2D eigenvalue weighted by Gasteiger charge is -2.10. The second-order valence-corrected chi connectivity index (χ2v) is 8.80. The molecule has 0 saturated heterocycles. The number of fused-ring (bicyclic) bond motifs is 2. The highest BCUT2D eigenvalue weighted by atomic mass is 19.1. The van der Waals surface area contributed by atoms with Crippen molar-refractivity contribution in [2.75, 3.05) is 14.1 Å². The molecule has 172 valence electrons. The monoisotopic (exact) mass is 463 g/mol. The van der Waals surface area contributed by atoms with Crippen molar-refractivity contribution in [1.82, 2.24) is 35.0 Å². The third kappa shape index (κ3) is 3.94.